The minimum absolute atomic E-state index is 0.190. The van der Waals surface area contributed by atoms with Crippen LogP contribution in [-0.4, -0.2) is 22.0 Å². The summed E-state index contributed by atoms with van der Waals surface area (Å²) in [6, 6.07) is 11.0. The second-order valence-corrected chi connectivity index (χ2v) is 8.32. The predicted octanol–water partition coefficient (Wildman–Crippen LogP) is 4.78. The van der Waals surface area contributed by atoms with E-state index in [1.54, 1.807) is 17.0 Å². The van der Waals surface area contributed by atoms with Crippen molar-refractivity contribution in [3.05, 3.63) is 57.0 Å². The number of halogens is 2. The Morgan fingerprint density at radius 2 is 2.07 bits per heavy atom. The van der Waals surface area contributed by atoms with Crippen LogP contribution in [0.1, 0.15) is 17.0 Å². The van der Waals surface area contributed by atoms with E-state index in [4.69, 9.17) is 28.3 Å². The van der Waals surface area contributed by atoms with E-state index in [2.05, 4.69) is 4.98 Å². The van der Waals surface area contributed by atoms with Gasteiger partial charge in [-0.15, -0.1) is 11.3 Å². The zero-order valence-corrected chi connectivity index (χ0v) is 16.3. The molecule has 5 nitrogen and oxygen atoms in total. The monoisotopic (exact) mass is 420 g/mol. The molecule has 0 spiro atoms. The molecule has 0 fully saturated rings. The van der Waals surface area contributed by atoms with Gasteiger partial charge in [0.05, 0.1) is 34.1 Å². The van der Waals surface area contributed by atoms with Crippen LogP contribution in [0.3, 0.4) is 0 Å². The number of nitrogens with zero attached hydrogens (tertiary/aromatic N) is 2. The summed E-state index contributed by atoms with van der Waals surface area (Å²) in [4.78, 5) is 30.3. The Labute approximate surface area is 169 Å². The molecule has 2 aromatic carbocycles. The van der Waals surface area contributed by atoms with Gasteiger partial charge < -0.3 is 10.0 Å². The molecule has 1 amide bonds. The number of carbonyl (C=O) groups is 2. The standard InChI is InChI=1S/C19H14Cl2N2O3S/c20-12-7-13(21)18-14(8-12)22-16(27-18)9-23-15-4-2-1-3-10(15)5-11(19(23)26)6-17(24)25/h1-4,7-8,11H,5-6,9H2,(H,24,25). The number of carboxylic acid groups (broad SMARTS) is 1. The van der Waals surface area contributed by atoms with Crippen LogP contribution in [0.15, 0.2) is 36.4 Å². The fourth-order valence-electron chi connectivity index (χ4n) is 3.38. The highest BCUT2D eigenvalue weighted by Gasteiger charge is 2.34. The first-order chi connectivity index (χ1) is 12.9. The van der Waals surface area contributed by atoms with E-state index in [9.17, 15) is 9.59 Å². The molecule has 8 heteroatoms. The number of hydrogen-bond donors (Lipinski definition) is 1. The number of benzene rings is 2. The highest BCUT2D eigenvalue weighted by Crippen LogP contribution is 2.36. The van der Waals surface area contributed by atoms with Crippen LogP contribution >= 0.6 is 34.5 Å². The summed E-state index contributed by atoms with van der Waals surface area (Å²) < 4.78 is 0.816. The first-order valence-electron chi connectivity index (χ1n) is 8.28. The SMILES string of the molecule is O=C(O)CC1Cc2ccccc2N(Cc2nc3cc(Cl)cc(Cl)c3s2)C1=O. The maximum Gasteiger partial charge on any atom is 0.304 e. The highest BCUT2D eigenvalue weighted by molar-refractivity contribution is 7.19. The molecule has 0 saturated heterocycles. The minimum atomic E-state index is -0.978. The Hall–Kier alpha value is -2.15. The lowest BCUT2D eigenvalue weighted by Gasteiger charge is -2.33. The third kappa shape index (κ3) is 3.52. The molecule has 2 heterocycles. The van der Waals surface area contributed by atoms with Crippen LogP contribution in [-0.2, 0) is 22.6 Å². The lowest BCUT2D eigenvalue weighted by atomic mass is 9.89. The highest BCUT2D eigenvalue weighted by atomic mass is 35.5. The molecule has 0 aliphatic carbocycles. The van der Waals surface area contributed by atoms with Gasteiger partial charge in [0.15, 0.2) is 0 Å². The van der Waals surface area contributed by atoms with Gasteiger partial charge in [-0.3, -0.25) is 9.59 Å². The molecule has 1 atom stereocenters. The van der Waals surface area contributed by atoms with Crippen molar-refractivity contribution >= 4 is 62.3 Å². The van der Waals surface area contributed by atoms with Gasteiger partial charge in [-0.05, 0) is 30.2 Å². The molecule has 1 N–H and O–H groups in total. The molecular weight excluding hydrogens is 407 g/mol. The Kier molecular flexibility index (Phi) is 4.80. The van der Waals surface area contributed by atoms with Gasteiger partial charge in [0.2, 0.25) is 5.91 Å². The summed E-state index contributed by atoms with van der Waals surface area (Å²) in [7, 11) is 0. The number of carboxylic acids is 1. The smallest absolute Gasteiger partial charge is 0.304 e. The number of thiazole rings is 1. The van der Waals surface area contributed by atoms with Gasteiger partial charge in [-0.2, -0.15) is 0 Å². The maximum absolute atomic E-state index is 13.0. The topological polar surface area (TPSA) is 70.5 Å². The molecule has 27 heavy (non-hydrogen) atoms. The normalized spacial score (nSPS) is 16.6. The number of anilines is 1. The van der Waals surface area contributed by atoms with Crippen molar-refractivity contribution in [2.45, 2.75) is 19.4 Å². The summed E-state index contributed by atoms with van der Waals surface area (Å²) in [5.74, 6) is -1.75. The van der Waals surface area contributed by atoms with Crippen molar-refractivity contribution in [3.8, 4) is 0 Å². The first-order valence-corrected chi connectivity index (χ1v) is 9.85. The number of aromatic nitrogens is 1. The van der Waals surface area contributed by atoms with Crippen molar-refractivity contribution in [1.82, 2.24) is 4.98 Å². The number of para-hydroxylation sites is 1. The lowest BCUT2D eigenvalue weighted by Crippen LogP contribution is -2.41. The van der Waals surface area contributed by atoms with Gasteiger partial charge in [0, 0.05) is 10.7 Å². The molecule has 1 aromatic heterocycles. The van der Waals surface area contributed by atoms with E-state index in [1.807, 2.05) is 24.3 Å². The molecule has 3 aromatic rings. The Morgan fingerprint density at radius 3 is 2.85 bits per heavy atom. The van der Waals surface area contributed by atoms with Gasteiger partial charge in [-0.25, -0.2) is 4.98 Å². The van der Waals surface area contributed by atoms with Crippen LogP contribution in [0.2, 0.25) is 10.0 Å². The molecule has 0 radical (unpaired) electrons. The van der Waals surface area contributed by atoms with E-state index < -0.39 is 11.9 Å². The zero-order chi connectivity index (χ0) is 19.1. The van der Waals surface area contributed by atoms with E-state index in [-0.39, 0.29) is 18.9 Å². The molecule has 0 bridgehead atoms. The molecule has 1 unspecified atom stereocenters. The van der Waals surface area contributed by atoms with Crippen molar-refractivity contribution in [2.24, 2.45) is 5.92 Å². The molecule has 138 valence electrons. The Balaban J connectivity index is 1.72. The van der Waals surface area contributed by atoms with Crippen molar-refractivity contribution in [2.75, 3.05) is 4.90 Å². The van der Waals surface area contributed by atoms with E-state index in [1.165, 1.54) is 11.3 Å². The maximum atomic E-state index is 13.0. The largest absolute Gasteiger partial charge is 0.481 e. The first kappa shape index (κ1) is 18.2. The van der Waals surface area contributed by atoms with E-state index in [0.717, 1.165) is 16.0 Å². The quantitative estimate of drug-likeness (QED) is 0.658. The van der Waals surface area contributed by atoms with E-state index >= 15 is 0 Å². The fourth-order valence-corrected chi connectivity index (χ4v) is 4.92. The van der Waals surface area contributed by atoms with Crippen LogP contribution in [0.4, 0.5) is 5.69 Å². The van der Waals surface area contributed by atoms with Gasteiger partial charge >= 0.3 is 5.97 Å². The number of hydrogen-bond acceptors (Lipinski definition) is 4. The Morgan fingerprint density at radius 1 is 1.30 bits per heavy atom. The van der Waals surface area contributed by atoms with E-state index in [0.29, 0.717) is 27.0 Å². The molecule has 4 rings (SSSR count). The van der Waals surface area contributed by atoms with Gasteiger partial charge in [0.25, 0.3) is 0 Å². The van der Waals surface area contributed by atoms with Crippen LogP contribution < -0.4 is 4.90 Å². The molecule has 1 aliphatic heterocycles. The summed E-state index contributed by atoms with van der Waals surface area (Å²) in [6.45, 7) is 0.263. The average molecular weight is 421 g/mol. The summed E-state index contributed by atoms with van der Waals surface area (Å²) in [5.41, 5.74) is 2.45. The number of carbonyl (C=O) groups excluding carboxylic acids is 1. The number of fused-ring (bicyclic) bond motifs is 2. The molecule has 0 saturated carbocycles. The molecular formula is C19H14Cl2N2O3S. The van der Waals surface area contributed by atoms with Crippen molar-refractivity contribution in [1.29, 1.82) is 0 Å². The third-order valence-corrected chi connectivity index (χ3v) is 6.25. The number of aliphatic carboxylic acids is 1. The minimum Gasteiger partial charge on any atom is -0.481 e. The number of rotatable bonds is 4. The van der Waals surface area contributed by atoms with Crippen molar-refractivity contribution < 1.29 is 14.7 Å². The Bertz CT molecular complexity index is 1070. The second-order valence-electron chi connectivity index (χ2n) is 6.40. The van der Waals surface area contributed by atoms with Crippen molar-refractivity contribution in [3.63, 3.8) is 0 Å². The summed E-state index contributed by atoms with van der Waals surface area (Å²) in [5, 5.41) is 10.9. The van der Waals surface area contributed by atoms with Gasteiger partial charge in [0.1, 0.15) is 5.01 Å². The fraction of sp³-hybridized carbons (Fsp3) is 0.211. The zero-order valence-electron chi connectivity index (χ0n) is 14.0. The molecule has 1 aliphatic rings. The summed E-state index contributed by atoms with van der Waals surface area (Å²) >= 11 is 13.7. The number of amides is 1. The summed E-state index contributed by atoms with van der Waals surface area (Å²) in [6.07, 6.45) is 0.240. The second kappa shape index (κ2) is 7.11. The van der Waals surface area contributed by atoms with Crippen LogP contribution in [0, 0.1) is 5.92 Å². The third-order valence-electron chi connectivity index (χ3n) is 4.53. The van der Waals surface area contributed by atoms with Gasteiger partial charge in [-0.1, -0.05) is 41.4 Å². The lowest BCUT2D eigenvalue weighted by molar-refractivity contribution is -0.140. The average Bonchev–Trinajstić information content (AvgIpc) is 3.01. The van der Waals surface area contributed by atoms with Crippen LogP contribution in [0.25, 0.3) is 10.2 Å². The van der Waals surface area contributed by atoms with Crippen LogP contribution in [0.5, 0.6) is 0 Å². The predicted molar refractivity (Wildman–Crippen MR) is 107 cm³/mol.